The number of nitrogens with zero attached hydrogens (tertiary/aromatic N) is 1. The molecule has 3 nitrogen and oxygen atoms in total. The first kappa shape index (κ1) is 17.4. The highest BCUT2D eigenvalue weighted by molar-refractivity contribution is 6.40. The molecule has 0 heterocycles. The van der Waals surface area contributed by atoms with E-state index in [1.807, 2.05) is 78.8 Å². The van der Waals surface area contributed by atoms with Crippen molar-refractivity contribution in [1.82, 2.24) is 5.32 Å². The summed E-state index contributed by atoms with van der Waals surface area (Å²) in [7, 11) is 0. The van der Waals surface area contributed by atoms with Crippen LogP contribution < -0.4 is 5.32 Å². The van der Waals surface area contributed by atoms with Crippen molar-refractivity contribution in [2.24, 2.45) is 10.4 Å². The zero-order chi connectivity index (χ0) is 16.3. The maximum Gasteiger partial charge on any atom is 0.266 e. The second-order valence-corrected chi connectivity index (χ2v) is 7.52. The van der Waals surface area contributed by atoms with E-state index in [-0.39, 0.29) is 22.9 Å². The zero-order valence-electron chi connectivity index (χ0n) is 14.3. The van der Waals surface area contributed by atoms with Crippen molar-refractivity contribution in [2.45, 2.75) is 60.0 Å². The van der Waals surface area contributed by atoms with Crippen LogP contribution in [-0.4, -0.2) is 17.2 Å². The number of benzene rings is 1. The van der Waals surface area contributed by atoms with E-state index in [0.717, 1.165) is 5.56 Å². The third-order valence-corrected chi connectivity index (χ3v) is 3.02. The first-order valence-corrected chi connectivity index (χ1v) is 7.46. The summed E-state index contributed by atoms with van der Waals surface area (Å²) in [4.78, 5) is 17.2. The van der Waals surface area contributed by atoms with Gasteiger partial charge >= 0.3 is 0 Å². The zero-order valence-corrected chi connectivity index (χ0v) is 14.3. The van der Waals surface area contributed by atoms with Crippen LogP contribution in [0.1, 0.15) is 60.1 Å². The number of nitrogens with one attached hydrogen (secondary N) is 1. The molecule has 0 aliphatic rings. The summed E-state index contributed by atoms with van der Waals surface area (Å²) in [5, 5.41) is 3.01. The van der Waals surface area contributed by atoms with Crippen molar-refractivity contribution in [3.63, 3.8) is 0 Å². The van der Waals surface area contributed by atoms with Crippen molar-refractivity contribution < 1.29 is 4.79 Å². The lowest BCUT2D eigenvalue weighted by atomic mass is 9.88. The number of carbonyl (C=O) groups is 1. The third kappa shape index (κ3) is 5.70. The maximum atomic E-state index is 12.5. The van der Waals surface area contributed by atoms with Crippen LogP contribution in [0.15, 0.2) is 35.3 Å². The Hall–Kier alpha value is -1.64. The SMILES string of the molecule is C[C@@H](N=C(C(=O)NC(C)(C)C)C(C)(C)C)c1ccccc1. The van der Waals surface area contributed by atoms with Crippen molar-refractivity contribution in [3.05, 3.63) is 35.9 Å². The Labute approximate surface area is 128 Å². The molecule has 1 N–H and O–H groups in total. The molecule has 116 valence electrons. The molecule has 21 heavy (non-hydrogen) atoms. The van der Waals surface area contributed by atoms with Crippen LogP contribution >= 0.6 is 0 Å². The van der Waals surface area contributed by atoms with Gasteiger partial charge in [0.1, 0.15) is 5.71 Å². The molecule has 0 unspecified atom stereocenters. The van der Waals surface area contributed by atoms with E-state index in [2.05, 4.69) is 5.32 Å². The summed E-state index contributed by atoms with van der Waals surface area (Å²) in [5.41, 5.74) is 1.15. The third-order valence-electron chi connectivity index (χ3n) is 3.02. The largest absolute Gasteiger partial charge is 0.346 e. The van der Waals surface area contributed by atoms with Crippen LogP contribution in [0.2, 0.25) is 0 Å². The van der Waals surface area contributed by atoms with Gasteiger partial charge in [-0.25, -0.2) is 0 Å². The second kappa shape index (κ2) is 6.42. The van der Waals surface area contributed by atoms with Crippen LogP contribution in [0.3, 0.4) is 0 Å². The predicted molar refractivity (Wildman–Crippen MR) is 89.6 cm³/mol. The molecule has 0 saturated heterocycles. The number of amides is 1. The van der Waals surface area contributed by atoms with Crippen LogP contribution in [0.25, 0.3) is 0 Å². The molecule has 1 amide bonds. The molecule has 1 aromatic rings. The highest BCUT2D eigenvalue weighted by Crippen LogP contribution is 2.23. The normalized spacial score (nSPS) is 14.7. The molecule has 0 fully saturated rings. The Bertz CT molecular complexity index is 504. The summed E-state index contributed by atoms with van der Waals surface area (Å²) in [6, 6.07) is 10.0. The fourth-order valence-electron chi connectivity index (χ4n) is 1.99. The lowest BCUT2D eigenvalue weighted by molar-refractivity contribution is -0.116. The lowest BCUT2D eigenvalue weighted by Gasteiger charge is -2.27. The van der Waals surface area contributed by atoms with Crippen LogP contribution in [0, 0.1) is 5.41 Å². The van der Waals surface area contributed by atoms with Crippen LogP contribution in [0.4, 0.5) is 0 Å². The molecule has 0 spiro atoms. The number of rotatable bonds is 3. The Kier molecular flexibility index (Phi) is 5.32. The summed E-state index contributed by atoms with van der Waals surface area (Å²) < 4.78 is 0. The van der Waals surface area contributed by atoms with Gasteiger partial charge in [0.2, 0.25) is 0 Å². The first-order chi connectivity index (χ1) is 9.50. The van der Waals surface area contributed by atoms with Crippen molar-refractivity contribution in [3.8, 4) is 0 Å². The summed E-state index contributed by atoms with van der Waals surface area (Å²) in [6.45, 7) is 14.0. The van der Waals surface area contributed by atoms with Gasteiger partial charge < -0.3 is 5.32 Å². The molecule has 0 bridgehead atoms. The summed E-state index contributed by atoms with van der Waals surface area (Å²) >= 11 is 0. The molecule has 1 aromatic carbocycles. The van der Waals surface area contributed by atoms with Gasteiger partial charge in [-0.1, -0.05) is 51.1 Å². The molecule has 0 saturated carbocycles. The van der Waals surface area contributed by atoms with Gasteiger partial charge in [-0.3, -0.25) is 9.79 Å². The van der Waals surface area contributed by atoms with E-state index >= 15 is 0 Å². The van der Waals surface area contributed by atoms with Crippen molar-refractivity contribution in [1.29, 1.82) is 0 Å². The highest BCUT2D eigenvalue weighted by Gasteiger charge is 2.29. The smallest absolute Gasteiger partial charge is 0.266 e. The van der Waals surface area contributed by atoms with Crippen LogP contribution in [-0.2, 0) is 4.79 Å². The fraction of sp³-hybridized carbons (Fsp3) is 0.556. The van der Waals surface area contributed by atoms with E-state index in [1.165, 1.54) is 0 Å². The molecule has 0 aliphatic carbocycles. The number of hydrogen-bond acceptors (Lipinski definition) is 2. The Morgan fingerprint density at radius 2 is 1.57 bits per heavy atom. The van der Waals surface area contributed by atoms with E-state index < -0.39 is 0 Å². The molecule has 0 aliphatic heterocycles. The molecule has 0 radical (unpaired) electrons. The average molecular weight is 288 g/mol. The van der Waals surface area contributed by atoms with E-state index in [1.54, 1.807) is 0 Å². The Morgan fingerprint density at radius 3 is 2.00 bits per heavy atom. The summed E-state index contributed by atoms with van der Waals surface area (Å²) in [5.74, 6) is -0.0854. The minimum atomic E-state index is -0.293. The maximum absolute atomic E-state index is 12.5. The minimum Gasteiger partial charge on any atom is -0.346 e. The minimum absolute atomic E-state index is 0.0360. The fourth-order valence-corrected chi connectivity index (χ4v) is 1.99. The summed E-state index contributed by atoms with van der Waals surface area (Å²) in [6.07, 6.45) is 0. The average Bonchev–Trinajstić information content (AvgIpc) is 2.33. The van der Waals surface area contributed by atoms with E-state index in [0.29, 0.717) is 5.71 Å². The molecular formula is C18H28N2O. The lowest BCUT2D eigenvalue weighted by Crippen LogP contribution is -2.47. The van der Waals surface area contributed by atoms with Gasteiger partial charge in [0.05, 0.1) is 6.04 Å². The van der Waals surface area contributed by atoms with Gasteiger partial charge in [0, 0.05) is 11.0 Å². The number of aliphatic imine (C=N–C) groups is 1. The molecule has 1 atom stereocenters. The van der Waals surface area contributed by atoms with Crippen molar-refractivity contribution in [2.75, 3.05) is 0 Å². The molecule has 1 rings (SSSR count). The monoisotopic (exact) mass is 288 g/mol. The van der Waals surface area contributed by atoms with Gasteiger partial charge in [-0.05, 0) is 33.3 Å². The first-order valence-electron chi connectivity index (χ1n) is 7.46. The predicted octanol–water partition coefficient (Wildman–Crippen LogP) is 4.15. The van der Waals surface area contributed by atoms with Gasteiger partial charge in [0.25, 0.3) is 5.91 Å². The van der Waals surface area contributed by atoms with E-state index in [4.69, 9.17) is 4.99 Å². The molecule has 3 heteroatoms. The standard InChI is InChI=1S/C18H28N2O/c1-13(14-11-9-8-10-12-14)19-15(17(2,3)4)16(21)20-18(5,6)7/h8-13H,1-7H3,(H,20,21)/t13-/m1/s1. The second-order valence-electron chi connectivity index (χ2n) is 7.52. The van der Waals surface area contributed by atoms with Crippen LogP contribution in [0.5, 0.6) is 0 Å². The highest BCUT2D eigenvalue weighted by atomic mass is 16.2. The van der Waals surface area contributed by atoms with Gasteiger partial charge in [-0.2, -0.15) is 0 Å². The Morgan fingerprint density at radius 1 is 1.05 bits per heavy atom. The quantitative estimate of drug-likeness (QED) is 0.834. The number of carbonyl (C=O) groups excluding carboxylic acids is 1. The van der Waals surface area contributed by atoms with Gasteiger partial charge in [0.15, 0.2) is 0 Å². The number of hydrogen-bond donors (Lipinski definition) is 1. The van der Waals surface area contributed by atoms with Crippen molar-refractivity contribution >= 4 is 11.6 Å². The molecular weight excluding hydrogens is 260 g/mol. The molecule has 0 aromatic heterocycles. The Balaban J connectivity index is 3.09. The topological polar surface area (TPSA) is 41.5 Å². The van der Waals surface area contributed by atoms with E-state index in [9.17, 15) is 4.79 Å². The van der Waals surface area contributed by atoms with Gasteiger partial charge in [-0.15, -0.1) is 0 Å².